The van der Waals surface area contributed by atoms with Gasteiger partial charge in [-0.25, -0.2) is 21.9 Å². The summed E-state index contributed by atoms with van der Waals surface area (Å²) >= 11 is 0. The van der Waals surface area contributed by atoms with E-state index < -0.39 is 32.1 Å². The van der Waals surface area contributed by atoms with Crippen LogP contribution in [0.5, 0.6) is 0 Å². The first-order valence-electron chi connectivity index (χ1n) is 4.61. The molecule has 90 valence electrons. The molecule has 3 nitrogen and oxygen atoms in total. The fourth-order valence-electron chi connectivity index (χ4n) is 1.15. The number of halogens is 2. The number of sulfonamides is 1. The van der Waals surface area contributed by atoms with Crippen molar-refractivity contribution in [3.63, 3.8) is 0 Å². The molecule has 0 bridgehead atoms. The van der Waals surface area contributed by atoms with Gasteiger partial charge >= 0.3 is 0 Å². The lowest BCUT2D eigenvalue weighted by Crippen LogP contribution is -2.40. The molecule has 0 saturated carbocycles. The van der Waals surface area contributed by atoms with Gasteiger partial charge in [0.1, 0.15) is 4.90 Å². The molecule has 0 aliphatic carbocycles. The third-order valence-electron chi connectivity index (χ3n) is 1.65. The molecule has 0 fully saturated rings. The second-order valence-electron chi connectivity index (χ2n) is 4.41. The van der Waals surface area contributed by atoms with Gasteiger partial charge in [-0.2, -0.15) is 0 Å². The van der Waals surface area contributed by atoms with Crippen LogP contribution in [0.3, 0.4) is 0 Å². The molecule has 1 aromatic carbocycles. The molecule has 0 radical (unpaired) electrons. The van der Waals surface area contributed by atoms with E-state index in [-0.39, 0.29) is 0 Å². The standard InChI is InChI=1S/C10H13F2NO2S/c1-10(2,3)13-16(14,15)8-6-4-5-7(11)9(8)12/h4-6,13H,1-3H3. The minimum atomic E-state index is -4.04. The molecule has 16 heavy (non-hydrogen) atoms. The highest BCUT2D eigenvalue weighted by Crippen LogP contribution is 2.18. The fourth-order valence-corrected chi connectivity index (χ4v) is 2.66. The van der Waals surface area contributed by atoms with Gasteiger partial charge in [0.2, 0.25) is 10.0 Å². The van der Waals surface area contributed by atoms with Crippen LogP contribution in [0.1, 0.15) is 20.8 Å². The van der Waals surface area contributed by atoms with E-state index in [1.54, 1.807) is 20.8 Å². The molecule has 0 heterocycles. The number of benzene rings is 1. The monoisotopic (exact) mass is 249 g/mol. The summed E-state index contributed by atoms with van der Waals surface area (Å²) in [4.78, 5) is -0.678. The minimum absolute atomic E-state index is 0.678. The van der Waals surface area contributed by atoms with Crippen molar-refractivity contribution in [2.45, 2.75) is 31.2 Å². The Morgan fingerprint density at radius 1 is 1.19 bits per heavy atom. The van der Waals surface area contributed by atoms with Crippen LogP contribution in [0.25, 0.3) is 0 Å². The Morgan fingerprint density at radius 3 is 2.25 bits per heavy atom. The van der Waals surface area contributed by atoms with Crippen LogP contribution in [0.15, 0.2) is 23.1 Å². The van der Waals surface area contributed by atoms with E-state index in [1.165, 1.54) is 0 Å². The van der Waals surface area contributed by atoms with E-state index in [9.17, 15) is 17.2 Å². The predicted octanol–water partition coefficient (Wildman–Crippen LogP) is 2.04. The molecule has 0 atom stereocenters. The summed E-state index contributed by atoms with van der Waals surface area (Å²) in [7, 11) is -4.04. The van der Waals surface area contributed by atoms with Crippen LogP contribution in [-0.2, 0) is 10.0 Å². The van der Waals surface area contributed by atoms with Crippen molar-refractivity contribution in [1.29, 1.82) is 0 Å². The highest BCUT2D eigenvalue weighted by molar-refractivity contribution is 7.89. The van der Waals surface area contributed by atoms with E-state index in [0.717, 1.165) is 18.2 Å². The summed E-state index contributed by atoms with van der Waals surface area (Å²) in [5.41, 5.74) is -0.752. The summed E-state index contributed by atoms with van der Waals surface area (Å²) in [6, 6.07) is 3.04. The first kappa shape index (κ1) is 13.1. The van der Waals surface area contributed by atoms with Crippen molar-refractivity contribution in [3.8, 4) is 0 Å². The zero-order valence-electron chi connectivity index (χ0n) is 9.21. The Bertz CT molecular complexity index is 492. The van der Waals surface area contributed by atoms with Gasteiger partial charge in [-0.3, -0.25) is 0 Å². The third kappa shape index (κ3) is 2.99. The molecule has 0 unspecified atom stereocenters. The molecule has 1 aromatic rings. The number of nitrogens with one attached hydrogen (secondary N) is 1. The maximum atomic E-state index is 13.3. The summed E-state index contributed by atoms with van der Waals surface area (Å²) in [5.74, 6) is -2.55. The van der Waals surface area contributed by atoms with Gasteiger partial charge in [-0.05, 0) is 32.9 Å². The topological polar surface area (TPSA) is 46.2 Å². The molecular formula is C10H13F2NO2S. The van der Waals surface area contributed by atoms with Crippen molar-refractivity contribution >= 4 is 10.0 Å². The molecule has 0 aromatic heterocycles. The van der Waals surface area contributed by atoms with E-state index in [0.29, 0.717) is 0 Å². The van der Waals surface area contributed by atoms with Gasteiger partial charge in [0.15, 0.2) is 11.6 Å². The molecule has 1 N–H and O–H groups in total. The average molecular weight is 249 g/mol. The Morgan fingerprint density at radius 2 is 1.75 bits per heavy atom. The lowest BCUT2D eigenvalue weighted by molar-refractivity contribution is 0.468. The van der Waals surface area contributed by atoms with Crippen LogP contribution < -0.4 is 4.72 Å². The lowest BCUT2D eigenvalue weighted by atomic mass is 10.1. The van der Waals surface area contributed by atoms with Crippen molar-refractivity contribution in [1.82, 2.24) is 4.72 Å². The van der Waals surface area contributed by atoms with Crippen molar-refractivity contribution in [3.05, 3.63) is 29.8 Å². The average Bonchev–Trinajstić information content (AvgIpc) is 2.05. The summed E-state index contributed by atoms with van der Waals surface area (Å²) < 4.78 is 51.8. The van der Waals surface area contributed by atoms with Crippen molar-refractivity contribution < 1.29 is 17.2 Å². The van der Waals surface area contributed by atoms with Crippen LogP contribution in [-0.4, -0.2) is 14.0 Å². The molecule has 0 aliphatic heterocycles. The molecule has 0 amide bonds. The lowest BCUT2D eigenvalue weighted by Gasteiger charge is -2.20. The first-order valence-corrected chi connectivity index (χ1v) is 6.10. The highest BCUT2D eigenvalue weighted by Gasteiger charge is 2.26. The summed E-state index contributed by atoms with van der Waals surface area (Å²) in [6.45, 7) is 4.84. The normalized spacial score (nSPS) is 12.8. The summed E-state index contributed by atoms with van der Waals surface area (Å²) in [5, 5.41) is 0. The first-order chi connectivity index (χ1) is 7.13. The Balaban J connectivity index is 3.24. The van der Waals surface area contributed by atoms with Gasteiger partial charge in [0, 0.05) is 5.54 Å². The number of rotatable bonds is 2. The van der Waals surface area contributed by atoms with Gasteiger partial charge in [0.05, 0.1) is 0 Å². The van der Waals surface area contributed by atoms with E-state index >= 15 is 0 Å². The second-order valence-corrected chi connectivity index (χ2v) is 6.06. The Kier molecular flexibility index (Phi) is 3.35. The molecule has 6 heteroatoms. The highest BCUT2D eigenvalue weighted by atomic mass is 32.2. The summed E-state index contributed by atoms with van der Waals surface area (Å²) in [6.07, 6.45) is 0. The molecule has 0 spiro atoms. The second kappa shape index (κ2) is 4.10. The molecular weight excluding hydrogens is 236 g/mol. The maximum Gasteiger partial charge on any atom is 0.244 e. The molecule has 1 rings (SSSR count). The van der Waals surface area contributed by atoms with Gasteiger partial charge in [-0.15, -0.1) is 0 Å². The molecule has 0 saturated heterocycles. The van der Waals surface area contributed by atoms with Crippen LogP contribution in [0, 0.1) is 11.6 Å². The van der Waals surface area contributed by atoms with Crippen LogP contribution >= 0.6 is 0 Å². The fraction of sp³-hybridized carbons (Fsp3) is 0.400. The maximum absolute atomic E-state index is 13.3. The van der Waals surface area contributed by atoms with Crippen LogP contribution in [0.2, 0.25) is 0 Å². The minimum Gasteiger partial charge on any atom is -0.207 e. The van der Waals surface area contributed by atoms with Gasteiger partial charge in [0.25, 0.3) is 0 Å². The Labute approximate surface area is 93.5 Å². The zero-order chi connectivity index (χ0) is 12.6. The zero-order valence-corrected chi connectivity index (χ0v) is 10.0. The predicted molar refractivity (Wildman–Crippen MR) is 56.4 cm³/mol. The van der Waals surface area contributed by atoms with Crippen molar-refractivity contribution in [2.24, 2.45) is 0 Å². The van der Waals surface area contributed by atoms with Crippen LogP contribution in [0.4, 0.5) is 8.78 Å². The molecule has 0 aliphatic rings. The van der Waals surface area contributed by atoms with Crippen molar-refractivity contribution in [2.75, 3.05) is 0 Å². The quantitative estimate of drug-likeness (QED) is 0.871. The number of hydrogen-bond acceptors (Lipinski definition) is 2. The third-order valence-corrected chi connectivity index (χ3v) is 3.42. The van der Waals surface area contributed by atoms with E-state index in [1.807, 2.05) is 0 Å². The number of hydrogen-bond donors (Lipinski definition) is 1. The van der Waals surface area contributed by atoms with Gasteiger partial charge < -0.3 is 0 Å². The SMILES string of the molecule is CC(C)(C)NS(=O)(=O)c1cccc(F)c1F. The largest absolute Gasteiger partial charge is 0.244 e. The van der Waals surface area contributed by atoms with Gasteiger partial charge in [-0.1, -0.05) is 6.07 Å². The van der Waals surface area contributed by atoms with E-state index in [2.05, 4.69) is 4.72 Å². The smallest absolute Gasteiger partial charge is 0.207 e. The Hall–Kier alpha value is -1.01. The van der Waals surface area contributed by atoms with E-state index in [4.69, 9.17) is 0 Å².